The van der Waals surface area contributed by atoms with E-state index in [9.17, 15) is 4.79 Å². The van der Waals surface area contributed by atoms with Crippen LogP contribution in [0.1, 0.15) is 19.3 Å². The maximum Gasteiger partial charge on any atom is 0.235 e. The van der Waals surface area contributed by atoms with Crippen LogP contribution in [0.2, 0.25) is 0 Å². The number of likely N-dealkylation sites (tertiary alicyclic amines) is 1. The van der Waals surface area contributed by atoms with Crippen molar-refractivity contribution in [3.05, 3.63) is 0 Å². The number of piperidine rings is 1. The Hall–Kier alpha value is -0.610. The number of nitrogens with one attached hydrogen (secondary N) is 1. The van der Waals surface area contributed by atoms with Crippen LogP contribution in [0.3, 0.4) is 0 Å². The highest BCUT2D eigenvalue weighted by atomic mass is 16.3. The Morgan fingerprint density at radius 1 is 1.33 bits per heavy atom. The smallest absolute Gasteiger partial charge is 0.235 e. The Kier molecular flexibility index (Phi) is 4.04. The molecule has 1 rings (SSSR count). The predicted molar refractivity (Wildman–Crippen MR) is 45.5 cm³/mol. The van der Waals surface area contributed by atoms with Crippen molar-refractivity contribution in [2.45, 2.75) is 19.3 Å². The van der Waals surface area contributed by atoms with Crippen LogP contribution >= 0.6 is 0 Å². The van der Waals surface area contributed by atoms with Gasteiger partial charge in [-0.05, 0) is 25.9 Å². The number of carbonyl (C=O) groups is 1. The zero-order valence-electron chi connectivity index (χ0n) is 7.25. The van der Waals surface area contributed by atoms with Crippen molar-refractivity contribution >= 4 is 5.91 Å². The highest BCUT2D eigenvalue weighted by Crippen LogP contribution is 2.07. The van der Waals surface area contributed by atoms with Gasteiger partial charge in [-0.15, -0.1) is 0 Å². The van der Waals surface area contributed by atoms with Gasteiger partial charge in [0.25, 0.3) is 0 Å². The molecule has 1 fully saturated rings. The minimum Gasteiger partial charge on any atom is -0.377 e. The number of aliphatic hydroxyl groups excluding tert-OH is 1. The zero-order chi connectivity index (χ0) is 8.81. The summed E-state index contributed by atoms with van der Waals surface area (Å²) in [5.41, 5.74) is 0. The lowest BCUT2D eigenvalue weighted by atomic mass is 10.1. The molecule has 1 aliphatic rings. The van der Waals surface area contributed by atoms with E-state index in [0.29, 0.717) is 6.54 Å². The largest absolute Gasteiger partial charge is 0.377 e. The van der Waals surface area contributed by atoms with Gasteiger partial charge in [-0.3, -0.25) is 9.69 Å². The van der Waals surface area contributed by atoms with E-state index in [2.05, 4.69) is 10.2 Å². The lowest BCUT2D eigenvalue weighted by Crippen LogP contribution is -2.40. The van der Waals surface area contributed by atoms with Gasteiger partial charge in [0.05, 0.1) is 6.54 Å². The van der Waals surface area contributed by atoms with E-state index in [-0.39, 0.29) is 12.6 Å². The summed E-state index contributed by atoms with van der Waals surface area (Å²) >= 11 is 0. The molecule has 0 aromatic rings. The number of nitrogens with zero attached hydrogens (tertiary/aromatic N) is 1. The maximum absolute atomic E-state index is 11.0. The summed E-state index contributed by atoms with van der Waals surface area (Å²) in [7, 11) is 0. The molecule has 0 bridgehead atoms. The van der Waals surface area contributed by atoms with Crippen molar-refractivity contribution in [3.63, 3.8) is 0 Å². The first kappa shape index (κ1) is 9.48. The van der Waals surface area contributed by atoms with Crippen molar-refractivity contribution in [1.82, 2.24) is 10.2 Å². The van der Waals surface area contributed by atoms with Crippen molar-refractivity contribution in [3.8, 4) is 0 Å². The van der Waals surface area contributed by atoms with Gasteiger partial charge in [-0.1, -0.05) is 6.42 Å². The Morgan fingerprint density at radius 2 is 2.00 bits per heavy atom. The third-order valence-electron chi connectivity index (χ3n) is 2.09. The summed E-state index contributed by atoms with van der Waals surface area (Å²) in [5, 5.41) is 10.8. The fourth-order valence-electron chi connectivity index (χ4n) is 1.46. The monoisotopic (exact) mass is 172 g/mol. The summed E-state index contributed by atoms with van der Waals surface area (Å²) < 4.78 is 0. The molecule has 4 heteroatoms. The minimum atomic E-state index is -0.257. The number of amides is 1. The molecule has 0 atom stereocenters. The molecule has 1 heterocycles. The Labute approximate surface area is 72.6 Å². The summed E-state index contributed by atoms with van der Waals surface area (Å²) in [4.78, 5) is 13.1. The third kappa shape index (κ3) is 3.19. The van der Waals surface area contributed by atoms with Crippen LogP contribution < -0.4 is 5.32 Å². The third-order valence-corrected chi connectivity index (χ3v) is 2.09. The predicted octanol–water partition coefficient (Wildman–Crippen LogP) is -0.462. The van der Waals surface area contributed by atoms with E-state index in [1.807, 2.05) is 0 Å². The second-order valence-corrected chi connectivity index (χ2v) is 3.09. The number of hydrogen-bond acceptors (Lipinski definition) is 3. The Morgan fingerprint density at radius 3 is 2.58 bits per heavy atom. The van der Waals surface area contributed by atoms with Crippen molar-refractivity contribution < 1.29 is 9.90 Å². The van der Waals surface area contributed by atoms with Crippen molar-refractivity contribution in [1.29, 1.82) is 0 Å². The zero-order valence-corrected chi connectivity index (χ0v) is 7.25. The van der Waals surface area contributed by atoms with Crippen LogP contribution in [0.4, 0.5) is 0 Å². The molecule has 1 saturated heterocycles. The minimum absolute atomic E-state index is 0.0839. The van der Waals surface area contributed by atoms with Crippen LogP contribution in [0.5, 0.6) is 0 Å². The van der Waals surface area contributed by atoms with Gasteiger partial charge in [0.15, 0.2) is 0 Å². The average Bonchev–Trinajstić information content (AvgIpc) is 2.06. The van der Waals surface area contributed by atoms with Crippen LogP contribution in [0, 0.1) is 0 Å². The van der Waals surface area contributed by atoms with Crippen LogP contribution in [0.25, 0.3) is 0 Å². The van der Waals surface area contributed by atoms with Gasteiger partial charge in [0, 0.05) is 0 Å². The van der Waals surface area contributed by atoms with Crippen LogP contribution in [-0.4, -0.2) is 42.3 Å². The fourth-order valence-corrected chi connectivity index (χ4v) is 1.46. The first-order valence-electron chi connectivity index (χ1n) is 4.43. The average molecular weight is 172 g/mol. The quantitative estimate of drug-likeness (QED) is 0.566. The molecule has 0 spiro atoms. The van der Waals surface area contributed by atoms with E-state index in [1.54, 1.807) is 0 Å². The SMILES string of the molecule is O=C(CN1CCCCC1)NCO. The first-order chi connectivity index (χ1) is 5.83. The highest BCUT2D eigenvalue weighted by Gasteiger charge is 2.12. The van der Waals surface area contributed by atoms with Crippen molar-refractivity contribution in [2.24, 2.45) is 0 Å². The molecule has 0 unspecified atom stereocenters. The molecule has 70 valence electrons. The number of hydrogen-bond donors (Lipinski definition) is 2. The van der Waals surface area contributed by atoms with Gasteiger partial charge in [-0.2, -0.15) is 0 Å². The molecular weight excluding hydrogens is 156 g/mol. The second-order valence-electron chi connectivity index (χ2n) is 3.09. The second kappa shape index (κ2) is 5.11. The maximum atomic E-state index is 11.0. The van der Waals surface area contributed by atoms with Gasteiger partial charge >= 0.3 is 0 Å². The van der Waals surface area contributed by atoms with E-state index in [1.165, 1.54) is 19.3 Å². The lowest BCUT2D eigenvalue weighted by molar-refractivity contribution is -0.123. The molecule has 4 nitrogen and oxygen atoms in total. The molecule has 0 aliphatic carbocycles. The van der Waals surface area contributed by atoms with E-state index in [0.717, 1.165) is 13.1 Å². The van der Waals surface area contributed by atoms with Crippen molar-refractivity contribution in [2.75, 3.05) is 26.4 Å². The topological polar surface area (TPSA) is 52.6 Å². The van der Waals surface area contributed by atoms with Gasteiger partial charge in [0.1, 0.15) is 6.73 Å². The summed E-state index contributed by atoms with van der Waals surface area (Å²) in [6.07, 6.45) is 3.65. The van der Waals surface area contributed by atoms with Gasteiger partial charge in [-0.25, -0.2) is 0 Å². The molecule has 0 aromatic heterocycles. The molecule has 0 aromatic carbocycles. The Bertz CT molecular complexity index is 144. The molecule has 0 saturated carbocycles. The molecule has 12 heavy (non-hydrogen) atoms. The van der Waals surface area contributed by atoms with Gasteiger partial charge in [0.2, 0.25) is 5.91 Å². The number of aliphatic hydroxyl groups is 1. The Balaban J connectivity index is 2.15. The normalized spacial score (nSPS) is 19.1. The number of rotatable bonds is 3. The van der Waals surface area contributed by atoms with Crippen LogP contribution in [-0.2, 0) is 4.79 Å². The summed E-state index contributed by atoms with van der Waals surface area (Å²) in [6, 6.07) is 0. The fraction of sp³-hybridized carbons (Fsp3) is 0.875. The molecule has 2 N–H and O–H groups in total. The first-order valence-corrected chi connectivity index (χ1v) is 4.43. The highest BCUT2D eigenvalue weighted by molar-refractivity contribution is 5.77. The summed E-state index contributed by atoms with van der Waals surface area (Å²) in [6.45, 7) is 2.20. The molecule has 0 radical (unpaired) electrons. The number of carbonyl (C=O) groups excluding carboxylic acids is 1. The lowest BCUT2D eigenvalue weighted by Gasteiger charge is -2.25. The molecule has 1 amide bonds. The van der Waals surface area contributed by atoms with E-state index in [4.69, 9.17) is 5.11 Å². The van der Waals surface area contributed by atoms with Gasteiger partial charge < -0.3 is 10.4 Å². The van der Waals surface area contributed by atoms with Crippen LogP contribution in [0.15, 0.2) is 0 Å². The summed E-state index contributed by atoms with van der Waals surface area (Å²) in [5.74, 6) is -0.0839. The van der Waals surface area contributed by atoms with E-state index < -0.39 is 0 Å². The van der Waals surface area contributed by atoms with E-state index >= 15 is 0 Å². The standard InChI is InChI=1S/C8H16N2O2/c11-7-9-8(12)6-10-4-2-1-3-5-10/h11H,1-7H2,(H,9,12). The molecular formula is C8H16N2O2. The molecule has 1 aliphatic heterocycles.